The topological polar surface area (TPSA) is 83.8 Å². The van der Waals surface area contributed by atoms with E-state index in [1.807, 2.05) is 6.92 Å². The number of Topliss-reactive ketones (excluding diaryl/α,β-unsaturated/α-hetero) is 1. The number of carbonyl (C=O) groups excluding carboxylic acids is 1. The molecule has 28 heavy (non-hydrogen) atoms. The van der Waals surface area contributed by atoms with E-state index in [-0.39, 0.29) is 42.8 Å². The molecular weight excluding hydrogens is 370 g/mol. The number of alkyl halides is 2. The second kappa shape index (κ2) is 9.61. The minimum Gasteiger partial charge on any atom is -0.481 e. The zero-order valence-corrected chi connectivity index (χ0v) is 17.0. The lowest BCUT2D eigenvalue weighted by Crippen LogP contribution is -2.56. The van der Waals surface area contributed by atoms with Crippen LogP contribution in [0.3, 0.4) is 0 Å². The van der Waals surface area contributed by atoms with Gasteiger partial charge < -0.3 is 14.9 Å². The van der Waals surface area contributed by atoms with E-state index in [9.17, 15) is 23.5 Å². The second-order valence-corrected chi connectivity index (χ2v) is 8.69. The first-order valence-corrected chi connectivity index (χ1v) is 10.6. The Bertz CT molecular complexity index is 553. The average Bonchev–Trinajstić information content (AvgIpc) is 2.91. The first-order chi connectivity index (χ1) is 13.1. The van der Waals surface area contributed by atoms with E-state index in [0.29, 0.717) is 25.7 Å². The molecule has 1 aliphatic heterocycles. The summed E-state index contributed by atoms with van der Waals surface area (Å²) in [5.41, 5.74) is 0. The number of halogens is 2. The number of carboxylic acids is 1. The average molecular weight is 404 g/mol. The Morgan fingerprint density at radius 1 is 1.32 bits per heavy atom. The maximum atomic E-state index is 14.7. The van der Waals surface area contributed by atoms with Gasteiger partial charge in [0.05, 0.1) is 6.10 Å². The van der Waals surface area contributed by atoms with E-state index in [2.05, 4.69) is 0 Å². The van der Waals surface area contributed by atoms with Crippen molar-refractivity contribution in [3.8, 4) is 0 Å². The molecule has 1 saturated heterocycles. The monoisotopic (exact) mass is 404 g/mol. The van der Waals surface area contributed by atoms with Gasteiger partial charge in [0.15, 0.2) is 0 Å². The van der Waals surface area contributed by atoms with Crippen LogP contribution < -0.4 is 0 Å². The van der Waals surface area contributed by atoms with E-state index in [4.69, 9.17) is 9.84 Å². The lowest BCUT2D eigenvalue weighted by atomic mass is 9.81. The van der Waals surface area contributed by atoms with Crippen molar-refractivity contribution in [3.63, 3.8) is 0 Å². The summed E-state index contributed by atoms with van der Waals surface area (Å²) in [6.07, 6.45) is 3.79. The van der Waals surface area contributed by atoms with E-state index in [1.165, 1.54) is 0 Å². The number of ketones is 1. The van der Waals surface area contributed by atoms with Crippen LogP contribution in [0.1, 0.15) is 84.5 Å². The standard InChI is InChI=1S/C21H34F2O5/c1-3-14(2)13-20(22,23)21(27)11-10-16-15(17(24)12-18(16)28-21)8-6-4-5-7-9-19(25)26/h14-16,18,27H,3-13H2,1-2H3,(H,25,26)/t14-,15?,16+,18+,21?/m0/s1. The smallest absolute Gasteiger partial charge is 0.303 e. The highest BCUT2D eigenvalue weighted by Crippen LogP contribution is 2.50. The zero-order valence-electron chi connectivity index (χ0n) is 17.0. The van der Waals surface area contributed by atoms with Crippen LogP contribution in [-0.4, -0.2) is 39.8 Å². The highest BCUT2D eigenvalue weighted by atomic mass is 19.3. The number of ether oxygens (including phenoxy) is 1. The van der Waals surface area contributed by atoms with Crippen molar-refractivity contribution in [1.29, 1.82) is 0 Å². The van der Waals surface area contributed by atoms with Crippen molar-refractivity contribution >= 4 is 11.8 Å². The van der Waals surface area contributed by atoms with Crippen LogP contribution in [0.4, 0.5) is 8.78 Å². The maximum absolute atomic E-state index is 14.7. The summed E-state index contributed by atoms with van der Waals surface area (Å²) in [5, 5.41) is 19.2. The summed E-state index contributed by atoms with van der Waals surface area (Å²) in [6.45, 7) is 3.57. The van der Waals surface area contributed by atoms with Gasteiger partial charge in [-0.15, -0.1) is 0 Å². The molecule has 2 N–H and O–H groups in total. The van der Waals surface area contributed by atoms with Crippen LogP contribution >= 0.6 is 0 Å². The summed E-state index contributed by atoms with van der Waals surface area (Å²) in [6, 6.07) is 0. The Morgan fingerprint density at radius 2 is 2.00 bits per heavy atom. The van der Waals surface area contributed by atoms with E-state index in [1.54, 1.807) is 6.92 Å². The summed E-state index contributed by atoms with van der Waals surface area (Å²) in [5.74, 6) is -7.11. The Balaban J connectivity index is 1.87. The van der Waals surface area contributed by atoms with E-state index < -0.39 is 30.2 Å². The lowest BCUT2D eigenvalue weighted by molar-refractivity contribution is -0.358. The third kappa shape index (κ3) is 5.50. The molecule has 1 heterocycles. The van der Waals surface area contributed by atoms with Gasteiger partial charge in [0.2, 0.25) is 5.79 Å². The molecule has 2 fully saturated rings. The van der Waals surface area contributed by atoms with Crippen molar-refractivity contribution in [2.75, 3.05) is 0 Å². The molecule has 2 unspecified atom stereocenters. The minimum atomic E-state index is -3.33. The molecule has 5 atom stereocenters. The lowest BCUT2D eigenvalue weighted by Gasteiger charge is -2.44. The predicted octanol–water partition coefficient (Wildman–Crippen LogP) is 4.56. The third-order valence-corrected chi connectivity index (χ3v) is 6.50. The molecule has 1 aliphatic carbocycles. The van der Waals surface area contributed by atoms with Gasteiger partial charge in [-0.3, -0.25) is 9.59 Å². The van der Waals surface area contributed by atoms with Crippen LogP contribution in [0.25, 0.3) is 0 Å². The normalized spacial score (nSPS) is 31.6. The summed E-state index contributed by atoms with van der Waals surface area (Å²) >= 11 is 0. The van der Waals surface area contributed by atoms with Crippen molar-refractivity contribution < 1.29 is 33.3 Å². The molecule has 162 valence electrons. The van der Waals surface area contributed by atoms with Crippen LogP contribution in [0.5, 0.6) is 0 Å². The SMILES string of the molecule is CC[C@H](C)CC(F)(F)C1(O)CC[C@@H]2C(CCCCCCC(=O)O)C(=O)C[C@H]2O1. The molecule has 0 aromatic rings. The number of hydrogen-bond acceptors (Lipinski definition) is 4. The number of carbonyl (C=O) groups is 2. The molecular formula is C21H34F2O5. The predicted molar refractivity (Wildman–Crippen MR) is 100 cm³/mol. The maximum Gasteiger partial charge on any atom is 0.303 e. The zero-order chi connectivity index (χ0) is 20.9. The van der Waals surface area contributed by atoms with Crippen LogP contribution in [0.15, 0.2) is 0 Å². The molecule has 0 radical (unpaired) electrons. The van der Waals surface area contributed by atoms with Crippen molar-refractivity contribution in [3.05, 3.63) is 0 Å². The quantitative estimate of drug-likeness (QED) is 0.493. The highest BCUT2D eigenvalue weighted by molar-refractivity contribution is 5.84. The second-order valence-electron chi connectivity index (χ2n) is 8.69. The summed E-state index contributed by atoms with van der Waals surface area (Å²) in [4.78, 5) is 22.9. The van der Waals surface area contributed by atoms with Crippen molar-refractivity contribution in [1.82, 2.24) is 0 Å². The van der Waals surface area contributed by atoms with Crippen LogP contribution in [0, 0.1) is 17.8 Å². The number of aliphatic carboxylic acids is 1. The molecule has 0 bridgehead atoms. The van der Waals surface area contributed by atoms with Gasteiger partial charge in [-0.05, 0) is 31.1 Å². The van der Waals surface area contributed by atoms with Crippen molar-refractivity contribution in [2.45, 2.75) is 102 Å². The van der Waals surface area contributed by atoms with Gasteiger partial charge in [-0.2, -0.15) is 0 Å². The first kappa shape index (κ1) is 23.2. The number of fused-ring (bicyclic) bond motifs is 1. The molecule has 5 nitrogen and oxygen atoms in total. The Hall–Kier alpha value is -1.08. The highest BCUT2D eigenvalue weighted by Gasteiger charge is 2.60. The number of unbranched alkanes of at least 4 members (excludes halogenated alkanes) is 3. The Labute approximate surface area is 165 Å². The number of rotatable bonds is 11. The van der Waals surface area contributed by atoms with Gasteiger partial charge in [-0.1, -0.05) is 39.5 Å². The fourth-order valence-electron chi connectivity index (χ4n) is 4.57. The van der Waals surface area contributed by atoms with E-state index in [0.717, 1.165) is 19.3 Å². The molecule has 7 heteroatoms. The number of carboxylic acid groups (broad SMARTS) is 1. The number of aliphatic hydroxyl groups is 1. The molecule has 2 rings (SSSR count). The molecule has 0 amide bonds. The summed E-state index contributed by atoms with van der Waals surface area (Å²) in [7, 11) is 0. The fourth-order valence-corrected chi connectivity index (χ4v) is 4.57. The fraction of sp³-hybridized carbons (Fsp3) is 0.905. The molecule has 0 spiro atoms. The minimum absolute atomic E-state index is 0.0371. The van der Waals surface area contributed by atoms with Crippen LogP contribution in [-0.2, 0) is 14.3 Å². The molecule has 1 saturated carbocycles. The van der Waals surface area contributed by atoms with Gasteiger partial charge >= 0.3 is 11.9 Å². The summed E-state index contributed by atoms with van der Waals surface area (Å²) < 4.78 is 34.8. The van der Waals surface area contributed by atoms with Gasteiger partial charge in [0, 0.05) is 31.6 Å². The van der Waals surface area contributed by atoms with Crippen LogP contribution in [0.2, 0.25) is 0 Å². The molecule has 0 aromatic heterocycles. The third-order valence-electron chi connectivity index (χ3n) is 6.50. The van der Waals surface area contributed by atoms with Gasteiger partial charge in [-0.25, -0.2) is 8.78 Å². The molecule has 0 aromatic carbocycles. The number of hydrogen-bond donors (Lipinski definition) is 2. The molecule has 2 aliphatic rings. The Morgan fingerprint density at radius 3 is 2.64 bits per heavy atom. The largest absolute Gasteiger partial charge is 0.481 e. The first-order valence-electron chi connectivity index (χ1n) is 10.6. The van der Waals surface area contributed by atoms with Gasteiger partial charge in [0.1, 0.15) is 5.78 Å². The van der Waals surface area contributed by atoms with Gasteiger partial charge in [0.25, 0.3) is 0 Å². The Kier molecular flexibility index (Phi) is 7.97. The van der Waals surface area contributed by atoms with E-state index >= 15 is 0 Å². The van der Waals surface area contributed by atoms with Crippen molar-refractivity contribution in [2.24, 2.45) is 17.8 Å².